The van der Waals surface area contributed by atoms with Crippen LogP contribution in [0.5, 0.6) is 0 Å². The molecular formula is C16H15ClN6OS. The van der Waals surface area contributed by atoms with Gasteiger partial charge in [0.2, 0.25) is 0 Å². The third kappa shape index (κ3) is 3.80. The van der Waals surface area contributed by atoms with Gasteiger partial charge in [-0.05, 0) is 38.3 Å². The molecular weight excluding hydrogens is 360 g/mol. The number of hydrogen-bond donors (Lipinski definition) is 1. The van der Waals surface area contributed by atoms with Crippen LogP contribution in [0.25, 0.3) is 5.82 Å². The lowest BCUT2D eigenvalue weighted by Crippen LogP contribution is -2.15. The Labute approximate surface area is 153 Å². The summed E-state index contributed by atoms with van der Waals surface area (Å²) in [6, 6.07) is 5.50. The van der Waals surface area contributed by atoms with E-state index in [4.69, 9.17) is 11.6 Å². The van der Waals surface area contributed by atoms with E-state index in [1.807, 2.05) is 26.2 Å². The molecule has 1 amide bonds. The van der Waals surface area contributed by atoms with Crippen molar-refractivity contribution in [3.05, 3.63) is 52.7 Å². The first-order valence-electron chi connectivity index (χ1n) is 7.35. The van der Waals surface area contributed by atoms with Crippen LogP contribution >= 0.6 is 23.4 Å². The predicted molar refractivity (Wildman–Crippen MR) is 97.6 cm³/mol. The summed E-state index contributed by atoms with van der Waals surface area (Å²) in [7, 11) is 0. The van der Waals surface area contributed by atoms with Crippen LogP contribution < -0.4 is 5.32 Å². The molecule has 3 heterocycles. The average molecular weight is 375 g/mol. The standard InChI is InChI=1S/C16H15ClN6OS/c1-9-6-10(2)23(22-9)13-5-4-11(7-18-13)20-15(24)14-12(17)8-19-16(21-14)25-3/h4-8H,1-3H3,(H,20,24). The molecule has 1 N–H and O–H groups in total. The monoisotopic (exact) mass is 374 g/mol. The minimum atomic E-state index is -0.414. The number of pyridine rings is 1. The number of anilines is 1. The molecule has 9 heteroatoms. The Hall–Kier alpha value is -2.45. The van der Waals surface area contributed by atoms with Gasteiger partial charge >= 0.3 is 0 Å². The maximum atomic E-state index is 12.4. The van der Waals surface area contributed by atoms with E-state index in [2.05, 4.69) is 25.4 Å². The van der Waals surface area contributed by atoms with E-state index in [9.17, 15) is 4.79 Å². The molecule has 3 aromatic rings. The summed E-state index contributed by atoms with van der Waals surface area (Å²) in [5, 5.41) is 7.79. The zero-order chi connectivity index (χ0) is 18.0. The van der Waals surface area contributed by atoms with Crippen molar-refractivity contribution in [1.29, 1.82) is 0 Å². The highest BCUT2D eigenvalue weighted by atomic mass is 35.5. The molecule has 0 unspecified atom stereocenters. The second kappa shape index (κ2) is 7.20. The molecule has 7 nitrogen and oxygen atoms in total. The first-order chi connectivity index (χ1) is 12.0. The Balaban J connectivity index is 1.80. The number of nitrogens with zero attached hydrogens (tertiary/aromatic N) is 5. The fraction of sp³-hybridized carbons (Fsp3) is 0.188. The van der Waals surface area contributed by atoms with Crippen molar-refractivity contribution in [1.82, 2.24) is 24.7 Å². The summed E-state index contributed by atoms with van der Waals surface area (Å²) in [5.41, 5.74) is 2.57. The number of aryl methyl sites for hydroxylation is 2. The number of rotatable bonds is 4. The molecule has 0 bridgehead atoms. The van der Waals surface area contributed by atoms with Gasteiger partial charge in [-0.3, -0.25) is 4.79 Å². The van der Waals surface area contributed by atoms with Crippen LogP contribution in [0.3, 0.4) is 0 Å². The highest BCUT2D eigenvalue weighted by Crippen LogP contribution is 2.18. The summed E-state index contributed by atoms with van der Waals surface area (Å²) in [5.74, 6) is 0.261. The first kappa shape index (κ1) is 17.4. The zero-order valence-electron chi connectivity index (χ0n) is 13.8. The molecule has 0 aliphatic heterocycles. The molecule has 0 aromatic carbocycles. The Morgan fingerprint density at radius 2 is 2.04 bits per heavy atom. The van der Waals surface area contributed by atoms with Gasteiger partial charge in [-0.25, -0.2) is 19.6 Å². The summed E-state index contributed by atoms with van der Waals surface area (Å²) in [4.78, 5) is 24.9. The summed E-state index contributed by atoms with van der Waals surface area (Å²) >= 11 is 7.35. The maximum absolute atomic E-state index is 12.4. The van der Waals surface area contributed by atoms with Gasteiger partial charge in [-0.2, -0.15) is 5.10 Å². The van der Waals surface area contributed by atoms with Gasteiger partial charge in [-0.1, -0.05) is 23.4 Å². The molecule has 0 atom stereocenters. The van der Waals surface area contributed by atoms with E-state index >= 15 is 0 Å². The number of aromatic nitrogens is 5. The minimum Gasteiger partial charge on any atom is -0.319 e. The van der Waals surface area contributed by atoms with Crippen LogP contribution in [-0.2, 0) is 0 Å². The fourth-order valence-corrected chi connectivity index (χ4v) is 2.76. The van der Waals surface area contributed by atoms with Gasteiger partial charge < -0.3 is 5.32 Å². The second-order valence-corrected chi connectivity index (χ2v) is 6.43. The molecule has 0 saturated carbocycles. The lowest BCUT2D eigenvalue weighted by Gasteiger charge is -2.08. The van der Waals surface area contributed by atoms with Crippen LogP contribution in [0.2, 0.25) is 5.02 Å². The van der Waals surface area contributed by atoms with E-state index < -0.39 is 5.91 Å². The highest BCUT2D eigenvalue weighted by Gasteiger charge is 2.15. The fourth-order valence-electron chi connectivity index (χ4n) is 2.24. The SMILES string of the molecule is CSc1ncc(Cl)c(C(=O)Nc2ccc(-n3nc(C)cc3C)nc2)n1. The summed E-state index contributed by atoms with van der Waals surface area (Å²) < 4.78 is 1.74. The van der Waals surface area contributed by atoms with E-state index in [0.717, 1.165) is 11.4 Å². The smallest absolute Gasteiger partial charge is 0.276 e. The maximum Gasteiger partial charge on any atom is 0.276 e. The molecule has 0 radical (unpaired) electrons. The van der Waals surface area contributed by atoms with Crippen molar-refractivity contribution in [2.24, 2.45) is 0 Å². The van der Waals surface area contributed by atoms with Crippen LogP contribution in [0.15, 0.2) is 35.7 Å². The number of hydrogen-bond acceptors (Lipinski definition) is 6. The van der Waals surface area contributed by atoms with Crippen molar-refractivity contribution in [3.8, 4) is 5.82 Å². The van der Waals surface area contributed by atoms with Crippen LogP contribution in [0.1, 0.15) is 21.9 Å². The van der Waals surface area contributed by atoms with Crippen molar-refractivity contribution in [2.45, 2.75) is 19.0 Å². The first-order valence-corrected chi connectivity index (χ1v) is 8.96. The third-order valence-corrected chi connectivity index (χ3v) is 4.19. The van der Waals surface area contributed by atoms with Gasteiger partial charge in [0.1, 0.15) is 0 Å². The van der Waals surface area contributed by atoms with Crippen LogP contribution in [-0.4, -0.2) is 36.9 Å². The van der Waals surface area contributed by atoms with Crippen molar-refractivity contribution >= 4 is 35.0 Å². The van der Waals surface area contributed by atoms with Gasteiger partial charge in [0.05, 0.1) is 28.8 Å². The molecule has 0 aliphatic carbocycles. The van der Waals surface area contributed by atoms with Gasteiger partial charge in [0, 0.05) is 5.69 Å². The lowest BCUT2D eigenvalue weighted by atomic mass is 10.3. The topological polar surface area (TPSA) is 85.6 Å². The molecule has 3 rings (SSSR count). The molecule has 3 aromatic heterocycles. The number of thioether (sulfide) groups is 1. The van der Waals surface area contributed by atoms with Crippen molar-refractivity contribution in [3.63, 3.8) is 0 Å². The second-order valence-electron chi connectivity index (χ2n) is 5.25. The largest absolute Gasteiger partial charge is 0.319 e. The van der Waals surface area contributed by atoms with Crippen molar-refractivity contribution in [2.75, 3.05) is 11.6 Å². The van der Waals surface area contributed by atoms with E-state index in [0.29, 0.717) is 16.7 Å². The van der Waals surface area contributed by atoms with E-state index in [-0.39, 0.29) is 10.7 Å². The number of amides is 1. The Morgan fingerprint density at radius 3 is 2.64 bits per heavy atom. The number of carbonyl (C=O) groups is 1. The van der Waals surface area contributed by atoms with Crippen LogP contribution in [0, 0.1) is 13.8 Å². The highest BCUT2D eigenvalue weighted by molar-refractivity contribution is 7.98. The molecule has 0 saturated heterocycles. The molecule has 25 heavy (non-hydrogen) atoms. The third-order valence-electron chi connectivity index (χ3n) is 3.35. The molecule has 0 aliphatic rings. The van der Waals surface area contributed by atoms with E-state index in [1.54, 1.807) is 23.0 Å². The lowest BCUT2D eigenvalue weighted by molar-refractivity contribution is 0.102. The zero-order valence-corrected chi connectivity index (χ0v) is 15.4. The molecule has 0 fully saturated rings. The average Bonchev–Trinajstić information content (AvgIpc) is 2.94. The minimum absolute atomic E-state index is 0.128. The summed E-state index contributed by atoms with van der Waals surface area (Å²) in [6.45, 7) is 3.88. The molecule has 128 valence electrons. The normalized spacial score (nSPS) is 10.7. The predicted octanol–water partition coefficient (Wildman–Crippen LogP) is 3.30. The number of nitrogens with one attached hydrogen (secondary N) is 1. The Kier molecular flexibility index (Phi) is 5.00. The molecule has 0 spiro atoms. The quantitative estimate of drug-likeness (QED) is 0.557. The Bertz CT molecular complexity index is 925. The Morgan fingerprint density at radius 1 is 1.24 bits per heavy atom. The van der Waals surface area contributed by atoms with Gasteiger partial charge in [-0.15, -0.1) is 0 Å². The van der Waals surface area contributed by atoms with E-state index in [1.165, 1.54) is 18.0 Å². The number of halogens is 1. The van der Waals surface area contributed by atoms with Gasteiger partial charge in [0.15, 0.2) is 16.7 Å². The summed E-state index contributed by atoms with van der Waals surface area (Å²) in [6.07, 6.45) is 4.81. The van der Waals surface area contributed by atoms with Crippen molar-refractivity contribution < 1.29 is 4.79 Å². The van der Waals surface area contributed by atoms with Gasteiger partial charge in [0.25, 0.3) is 5.91 Å². The number of carbonyl (C=O) groups excluding carboxylic acids is 1. The van der Waals surface area contributed by atoms with Crippen LogP contribution in [0.4, 0.5) is 5.69 Å².